The predicted octanol–water partition coefficient (Wildman–Crippen LogP) is 1.38. The summed E-state index contributed by atoms with van der Waals surface area (Å²) < 4.78 is 26.1. The molecule has 1 aromatic rings. The maximum Gasteiger partial charge on any atom is 0.235 e. The van der Waals surface area contributed by atoms with Gasteiger partial charge in [-0.25, -0.2) is 8.42 Å². The summed E-state index contributed by atoms with van der Waals surface area (Å²) in [7, 11) is -1.27. The fourth-order valence-electron chi connectivity index (χ4n) is 2.29. The summed E-state index contributed by atoms with van der Waals surface area (Å²) in [6.07, 6.45) is 2.43. The van der Waals surface area contributed by atoms with Crippen LogP contribution < -0.4 is 9.62 Å². The first-order chi connectivity index (χ1) is 8.65. The molecule has 2 rings (SSSR count). The van der Waals surface area contributed by atoms with Crippen LogP contribution in [-0.2, 0) is 16.4 Å². The van der Waals surface area contributed by atoms with Crippen LogP contribution in [0, 0.1) is 0 Å². The number of fused-ring (bicyclic) bond motifs is 1. The lowest BCUT2D eigenvalue weighted by atomic mass is 10.2. The Labute approximate surface area is 109 Å². The van der Waals surface area contributed by atoms with E-state index >= 15 is 0 Å². The lowest BCUT2D eigenvalue weighted by molar-refractivity contribution is 0.586. The average Bonchev–Trinajstić information content (AvgIpc) is 2.79. The van der Waals surface area contributed by atoms with Gasteiger partial charge in [0.1, 0.15) is 0 Å². The second-order valence-corrected chi connectivity index (χ2v) is 6.59. The topological polar surface area (TPSA) is 49.4 Å². The highest BCUT2D eigenvalue weighted by atomic mass is 32.2. The van der Waals surface area contributed by atoms with Crippen molar-refractivity contribution in [2.75, 3.05) is 30.2 Å². The van der Waals surface area contributed by atoms with E-state index in [9.17, 15) is 8.42 Å². The van der Waals surface area contributed by atoms with Crippen LogP contribution in [0.1, 0.15) is 18.4 Å². The number of nitrogens with one attached hydrogen (secondary N) is 1. The van der Waals surface area contributed by atoms with Gasteiger partial charge in [-0.1, -0.05) is 18.2 Å². The fourth-order valence-corrected chi connectivity index (χ4v) is 3.93. The van der Waals surface area contributed by atoms with Gasteiger partial charge >= 0.3 is 0 Å². The van der Waals surface area contributed by atoms with Crippen molar-refractivity contribution in [2.24, 2.45) is 0 Å². The highest BCUT2D eigenvalue weighted by molar-refractivity contribution is 7.92. The van der Waals surface area contributed by atoms with E-state index in [1.807, 2.05) is 31.3 Å². The Kier molecular flexibility index (Phi) is 4.24. The Balaban J connectivity index is 2.04. The smallest absolute Gasteiger partial charge is 0.235 e. The summed E-state index contributed by atoms with van der Waals surface area (Å²) >= 11 is 0. The molecular formula is C13H20N2O2S. The van der Waals surface area contributed by atoms with E-state index in [4.69, 9.17) is 0 Å². The molecule has 1 N–H and O–H groups in total. The Bertz CT molecular complexity index is 499. The largest absolute Gasteiger partial charge is 0.320 e. The second kappa shape index (κ2) is 5.71. The lowest BCUT2D eigenvalue weighted by Gasteiger charge is -2.19. The number of nitrogens with zero attached hydrogens (tertiary/aromatic N) is 1. The molecule has 0 unspecified atom stereocenters. The molecule has 0 atom stereocenters. The van der Waals surface area contributed by atoms with Crippen LogP contribution in [0.3, 0.4) is 0 Å². The van der Waals surface area contributed by atoms with Gasteiger partial charge in [0.25, 0.3) is 0 Å². The lowest BCUT2D eigenvalue weighted by Crippen LogP contribution is -2.31. The number of unbranched alkanes of at least 4 members (excludes halogenated alkanes) is 1. The van der Waals surface area contributed by atoms with Crippen LogP contribution >= 0.6 is 0 Å². The van der Waals surface area contributed by atoms with Crippen molar-refractivity contribution in [3.8, 4) is 0 Å². The minimum atomic E-state index is -3.15. The van der Waals surface area contributed by atoms with Gasteiger partial charge in [-0.3, -0.25) is 4.31 Å². The van der Waals surface area contributed by atoms with Crippen molar-refractivity contribution in [1.82, 2.24) is 5.32 Å². The Morgan fingerprint density at radius 2 is 2.06 bits per heavy atom. The SMILES string of the molecule is CNCCCCS(=O)(=O)N1CCc2ccccc21. The number of benzene rings is 1. The van der Waals surface area contributed by atoms with Crippen LogP contribution in [0.4, 0.5) is 5.69 Å². The van der Waals surface area contributed by atoms with E-state index in [2.05, 4.69) is 5.32 Å². The van der Waals surface area contributed by atoms with E-state index in [1.54, 1.807) is 4.31 Å². The molecule has 100 valence electrons. The van der Waals surface area contributed by atoms with Gasteiger partial charge in [-0.2, -0.15) is 0 Å². The van der Waals surface area contributed by atoms with E-state index in [1.165, 1.54) is 0 Å². The Hall–Kier alpha value is -1.07. The van der Waals surface area contributed by atoms with Crippen LogP contribution in [0.25, 0.3) is 0 Å². The number of rotatable bonds is 6. The summed E-state index contributed by atoms with van der Waals surface area (Å²) in [6.45, 7) is 1.46. The van der Waals surface area contributed by atoms with Gasteiger partial charge in [0.15, 0.2) is 0 Å². The molecular weight excluding hydrogens is 248 g/mol. The molecule has 0 aliphatic carbocycles. The zero-order chi connectivity index (χ0) is 13.0. The summed E-state index contributed by atoms with van der Waals surface area (Å²) in [5, 5.41) is 3.03. The summed E-state index contributed by atoms with van der Waals surface area (Å²) in [6, 6.07) is 7.76. The Morgan fingerprint density at radius 1 is 1.28 bits per heavy atom. The van der Waals surface area contributed by atoms with Crippen molar-refractivity contribution in [1.29, 1.82) is 0 Å². The third-order valence-corrected chi connectivity index (χ3v) is 5.11. The molecule has 4 nitrogen and oxygen atoms in total. The summed E-state index contributed by atoms with van der Waals surface area (Å²) in [5.74, 6) is 0.239. The van der Waals surface area contributed by atoms with E-state index in [0.29, 0.717) is 13.0 Å². The molecule has 0 aromatic heterocycles. The maximum atomic E-state index is 12.3. The average molecular weight is 268 g/mol. The first kappa shape index (κ1) is 13.4. The van der Waals surface area contributed by atoms with E-state index in [-0.39, 0.29) is 5.75 Å². The van der Waals surface area contributed by atoms with Gasteiger partial charge in [0.2, 0.25) is 10.0 Å². The molecule has 5 heteroatoms. The van der Waals surface area contributed by atoms with Gasteiger partial charge < -0.3 is 5.32 Å². The number of sulfonamides is 1. The Morgan fingerprint density at radius 3 is 2.83 bits per heavy atom. The molecule has 0 saturated heterocycles. The van der Waals surface area contributed by atoms with Gasteiger partial charge in [-0.05, 0) is 44.5 Å². The molecule has 0 spiro atoms. The quantitative estimate of drug-likeness (QED) is 0.793. The van der Waals surface area contributed by atoms with Crippen LogP contribution in [0.15, 0.2) is 24.3 Å². The van der Waals surface area contributed by atoms with Gasteiger partial charge in [0, 0.05) is 6.54 Å². The van der Waals surface area contributed by atoms with Crippen molar-refractivity contribution >= 4 is 15.7 Å². The first-order valence-corrected chi connectivity index (χ1v) is 7.99. The number of para-hydroxylation sites is 1. The molecule has 0 bridgehead atoms. The molecule has 1 aliphatic rings. The minimum absolute atomic E-state index is 0.239. The maximum absolute atomic E-state index is 12.3. The minimum Gasteiger partial charge on any atom is -0.320 e. The molecule has 1 aromatic carbocycles. The molecule has 1 heterocycles. The highest BCUT2D eigenvalue weighted by Crippen LogP contribution is 2.30. The summed E-state index contributed by atoms with van der Waals surface area (Å²) in [5.41, 5.74) is 2.00. The third kappa shape index (κ3) is 2.84. The van der Waals surface area contributed by atoms with Crippen molar-refractivity contribution in [3.63, 3.8) is 0 Å². The molecule has 0 radical (unpaired) electrons. The second-order valence-electron chi connectivity index (χ2n) is 4.58. The number of hydrogen-bond acceptors (Lipinski definition) is 3. The molecule has 1 aliphatic heterocycles. The molecule has 0 saturated carbocycles. The third-order valence-electron chi connectivity index (χ3n) is 3.26. The fraction of sp³-hybridized carbons (Fsp3) is 0.538. The number of hydrogen-bond donors (Lipinski definition) is 1. The first-order valence-electron chi connectivity index (χ1n) is 6.38. The van der Waals surface area contributed by atoms with E-state index in [0.717, 1.165) is 30.6 Å². The highest BCUT2D eigenvalue weighted by Gasteiger charge is 2.28. The summed E-state index contributed by atoms with van der Waals surface area (Å²) in [4.78, 5) is 0. The molecule has 0 fully saturated rings. The zero-order valence-electron chi connectivity index (χ0n) is 10.7. The van der Waals surface area contributed by atoms with Crippen LogP contribution in [0.2, 0.25) is 0 Å². The monoisotopic (exact) mass is 268 g/mol. The van der Waals surface area contributed by atoms with Crippen molar-refractivity contribution in [2.45, 2.75) is 19.3 Å². The molecule has 18 heavy (non-hydrogen) atoms. The number of anilines is 1. The normalized spacial score (nSPS) is 14.8. The van der Waals surface area contributed by atoms with Crippen LogP contribution in [-0.4, -0.2) is 34.3 Å². The van der Waals surface area contributed by atoms with Gasteiger partial charge in [-0.15, -0.1) is 0 Å². The van der Waals surface area contributed by atoms with Crippen molar-refractivity contribution in [3.05, 3.63) is 29.8 Å². The predicted molar refractivity (Wildman–Crippen MR) is 74.4 cm³/mol. The molecule has 0 amide bonds. The van der Waals surface area contributed by atoms with Gasteiger partial charge in [0.05, 0.1) is 11.4 Å². The van der Waals surface area contributed by atoms with E-state index < -0.39 is 10.0 Å². The zero-order valence-corrected chi connectivity index (χ0v) is 11.5. The van der Waals surface area contributed by atoms with Crippen molar-refractivity contribution < 1.29 is 8.42 Å². The standard InChI is InChI=1S/C13H20N2O2S/c1-14-9-4-5-11-18(16,17)15-10-8-12-6-2-3-7-13(12)15/h2-3,6-7,14H,4-5,8-11H2,1H3. The van der Waals surface area contributed by atoms with Crippen LogP contribution in [0.5, 0.6) is 0 Å².